The molecule has 1 atom stereocenters. The molecule has 1 aliphatic rings. The predicted molar refractivity (Wildman–Crippen MR) is 96.7 cm³/mol. The SMILES string of the molecule is Cc1nc(F)nc(OC(C)c2ccc(-c3noc(CC4CC4)n3)cc2)c1C. The second-order valence-corrected chi connectivity index (χ2v) is 7.05. The van der Waals surface area contributed by atoms with Crippen molar-refractivity contribution in [2.24, 2.45) is 5.92 Å². The minimum Gasteiger partial charge on any atom is -0.469 e. The topological polar surface area (TPSA) is 73.9 Å². The summed E-state index contributed by atoms with van der Waals surface area (Å²) in [6, 6.07) is 7.74. The molecule has 0 amide bonds. The molecule has 6 nitrogen and oxygen atoms in total. The highest BCUT2D eigenvalue weighted by Gasteiger charge is 2.24. The molecule has 1 aliphatic carbocycles. The zero-order chi connectivity index (χ0) is 19.0. The molecule has 0 radical (unpaired) electrons. The number of halogens is 1. The van der Waals surface area contributed by atoms with E-state index in [1.54, 1.807) is 6.92 Å². The Balaban J connectivity index is 1.47. The van der Waals surface area contributed by atoms with Crippen LogP contribution in [0.5, 0.6) is 5.88 Å². The van der Waals surface area contributed by atoms with Crippen molar-refractivity contribution in [1.82, 2.24) is 20.1 Å². The van der Waals surface area contributed by atoms with E-state index in [0.717, 1.165) is 23.1 Å². The number of ether oxygens (including phenoxy) is 1. The summed E-state index contributed by atoms with van der Waals surface area (Å²) in [4.78, 5) is 11.9. The minimum absolute atomic E-state index is 0.263. The summed E-state index contributed by atoms with van der Waals surface area (Å²) < 4.78 is 24.6. The van der Waals surface area contributed by atoms with E-state index in [4.69, 9.17) is 9.26 Å². The second kappa shape index (κ2) is 7.06. The van der Waals surface area contributed by atoms with Gasteiger partial charge in [-0.1, -0.05) is 29.4 Å². The number of nitrogens with zero attached hydrogens (tertiary/aromatic N) is 4. The van der Waals surface area contributed by atoms with Gasteiger partial charge in [-0.05, 0) is 45.1 Å². The number of aryl methyl sites for hydroxylation is 1. The summed E-state index contributed by atoms with van der Waals surface area (Å²) in [6.45, 7) is 5.44. The lowest BCUT2D eigenvalue weighted by Crippen LogP contribution is -2.08. The van der Waals surface area contributed by atoms with E-state index in [2.05, 4.69) is 20.1 Å². The van der Waals surface area contributed by atoms with Crippen LogP contribution < -0.4 is 4.74 Å². The molecule has 0 N–H and O–H groups in total. The standard InChI is InChI=1S/C20H21FN4O2/c1-11-12(2)22-20(21)24-19(11)26-13(3)15-6-8-16(9-7-15)18-23-17(27-25-18)10-14-4-5-14/h6-9,13-14H,4-5,10H2,1-3H3. The lowest BCUT2D eigenvalue weighted by Gasteiger charge is -2.16. The molecule has 1 saturated carbocycles. The summed E-state index contributed by atoms with van der Waals surface area (Å²) in [7, 11) is 0. The molecule has 1 unspecified atom stereocenters. The van der Waals surface area contributed by atoms with Crippen LogP contribution in [-0.4, -0.2) is 20.1 Å². The average Bonchev–Trinajstić information content (AvgIpc) is 3.34. The maximum atomic E-state index is 13.5. The van der Waals surface area contributed by atoms with Crippen LogP contribution in [0.1, 0.15) is 48.6 Å². The quantitative estimate of drug-likeness (QED) is 0.601. The third-order valence-electron chi connectivity index (χ3n) is 4.87. The van der Waals surface area contributed by atoms with Gasteiger partial charge in [0, 0.05) is 17.5 Å². The van der Waals surface area contributed by atoms with E-state index in [1.807, 2.05) is 38.1 Å². The maximum absolute atomic E-state index is 13.5. The molecule has 0 saturated heterocycles. The van der Waals surface area contributed by atoms with Gasteiger partial charge >= 0.3 is 6.08 Å². The van der Waals surface area contributed by atoms with Crippen LogP contribution in [0.15, 0.2) is 28.8 Å². The van der Waals surface area contributed by atoms with Crippen molar-refractivity contribution in [3.63, 3.8) is 0 Å². The molecule has 4 rings (SSSR count). The van der Waals surface area contributed by atoms with Crippen LogP contribution in [0, 0.1) is 25.8 Å². The first kappa shape index (κ1) is 17.6. The summed E-state index contributed by atoms with van der Waals surface area (Å²) in [5.41, 5.74) is 3.13. The van der Waals surface area contributed by atoms with Crippen LogP contribution in [0.4, 0.5) is 4.39 Å². The molecular weight excluding hydrogens is 347 g/mol. The fourth-order valence-electron chi connectivity index (χ4n) is 2.85. The monoisotopic (exact) mass is 368 g/mol. The van der Waals surface area contributed by atoms with Crippen LogP contribution in [0.3, 0.4) is 0 Å². The smallest absolute Gasteiger partial charge is 0.312 e. The van der Waals surface area contributed by atoms with Crippen LogP contribution in [-0.2, 0) is 6.42 Å². The number of aromatic nitrogens is 4. The van der Waals surface area contributed by atoms with E-state index < -0.39 is 6.08 Å². The van der Waals surface area contributed by atoms with Gasteiger partial charge in [-0.25, -0.2) is 4.98 Å². The fourth-order valence-corrected chi connectivity index (χ4v) is 2.85. The molecule has 0 aliphatic heterocycles. The largest absolute Gasteiger partial charge is 0.469 e. The summed E-state index contributed by atoms with van der Waals surface area (Å²) >= 11 is 0. The van der Waals surface area contributed by atoms with Crippen molar-refractivity contribution < 1.29 is 13.7 Å². The molecule has 1 fully saturated rings. The Labute approximate surface area is 156 Å². The Morgan fingerprint density at radius 1 is 1.15 bits per heavy atom. The van der Waals surface area contributed by atoms with E-state index in [-0.39, 0.29) is 12.0 Å². The van der Waals surface area contributed by atoms with Gasteiger partial charge in [0.15, 0.2) is 0 Å². The highest BCUT2D eigenvalue weighted by atomic mass is 19.1. The Kier molecular flexibility index (Phi) is 4.59. The van der Waals surface area contributed by atoms with E-state index >= 15 is 0 Å². The Morgan fingerprint density at radius 3 is 2.59 bits per heavy atom. The molecule has 0 spiro atoms. The van der Waals surface area contributed by atoms with E-state index in [0.29, 0.717) is 23.3 Å². The maximum Gasteiger partial charge on any atom is 0.312 e. The third kappa shape index (κ3) is 3.97. The summed E-state index contributed by atoms with van der Waals surface area (Å²) in [5.74, 6) is 2.26. The Morgan fingerprint density at radius 2 is 1.89 bits per heavy atom. The van der Waals surface area contributed by atoms with Gasteiger partial charge in [-0.2, -0.15) is 14.4 Å². The number of hydrogen-bond acceptors (Lipinski definition) is 6. The van der Waals surface area contributed by atoms with Crippen molar-refractivity contribution in [2.45, 2.75) is 46.1 Å². The van der Waals surface area contributed by atoms with Gasteiger partial charge in [-0.3, -0.25) is 0 Å². The zero-order valence-electron chi connectivity index (χ0n) is 15.6. The first-order chi connectivity index (χ1) is 13.0. The first-order valence-corrected chi connectivity index (χ1v) is 9.10. The van der Waals surface area contributed by atoms with Crippen LogP contribution in [0.2, 0.25) is 0 Å². The first-order valence-electron chi connectivity index (χ1n) is 9.10. The molecular formula is C20H21FN4O2. The summed E-state index contributed by atoms with van der Waals surface area (Å²) in [5, 5.41) is 4.06. The van der Waals surface area contributed by atoms with Gasteiger partial charge in [0.05, 0.1) is 5.69 Å². The lowest BCUT2D eigenvalue weighted by molar-refractivity contribution is 0.211. The summed E-state index contributed by atoms with van der Waals surface area (Å²) in [6.07, 6.45) is 2.29. The molecule has 0 bridgehead atoms. The second-order valence-electron chi connectivity index (χ2n) is 7.05. The Bertz CT molecular complexity index is 951. The number of benzene rings is 1. The van der Waals surface area contributed by atoms with Gasteiger partial charge in [-0.15, -0.1) is 0 Å². The molecule has 2 aromatic heterocycles. The van der Waals surface area contributed by atoms with Crippen molar-refractivity contribution in [3.05, 3.63) is 53.1 Å². The van der Waals surface area contributed by atoms with Crippen molar-refractivity contribution >= 4 is 0 Å². The van der Waals surface area contributed by atoms with Crippen LogP contribution >= 0.6 is 0 Å². The van der Waals surface area contributed by atoms with Crippen LogP contribution in [0.25, 0.3) is 11.4 Å². The normalized spacial score (nSPS) is 15.0. The van der Waals surface area contributed by atoms with Crippen molar-refractivity contribution in [2.75, 3.05) is 0 Å². The molecule has 7 heteroatoms. The number of rotatable bonds is 6. The van der Waals surface area contributed by atoms with E-state index in [9.17, 15) is 4.39 Å². The zero-order valence-corrected chi connectivity index (χ0v) is 15.6. The molecule has 1 aromatic carbocycles. The van der Waals surface area contributed by atoms with Gasteiger partial charge < -0.3 is 9.26 Å². The molecule has 140 valence electrons. The molecule has 27 heavy (non-hydrogen) atoms. The lowest BCUT2D eigenvalue weighted by atomic mass is 10.1. The van der Waals surface area contributed by atoms with Gasteiger partial charge in [0.1, 0.15) is 6.10 Å². The molecule has 2 heterocycles. The van der Waals surface area contributed by atoms with Gasteiger partial charge in [0.25, 0.3) is 0 Å². The van der Waals surface area contributed by atoms with E-state index in [1.165, 1.54) is 12.8 Å². The minimum atomic E-state index is -0.783. The van der Waals surface area contributed by atoms with Crippen molar-refractivity contribution in [3.8, 4) is 17.3 Å². The van der Waals surface area contributed by atoms with Crippen molar-refractivity contribution in [1.29, 1.82) is 0 Å². The highest BCUT2D eigenvalue weighted by molar-refractivity contribution is 5.54. The number of hydrogen-bond donors (Lipinski definition) is 0. The molecule has 3 aromatic rings. The fraction of sp³-hybridized carbons (Fsp3) is 0.400. The average molecular weight is 368 g/mol. The third-order valence-corrected chi connectivity index (χ3v) is 4.87. The van der Waals surface area contributed by atoms with Gasteiger partial charge in [0.2, 0.25) is 17.6 Å². The predicted octanol–water partition coefficient (Wildman–Crippen LogP) is 4.38. The highest BCUT2D eigenvalue weighted by Crippen LogP contribution is 2.32. The Hall–Kier alpha value is -2.83.